The minimum Gasteiger partial charge on any atom is -0.342 e. The van der Waals surface area contributed by atoms with Crippen molar-refractivity contribution in [2.75, 3.05) is 19.6 Å². The van der Waals surface area contributed by atoms with Gasteiger partial charge in [0.15, 0.2) is 0 Å². The van der Waals surface area contributed by atoms with E-state index < -0.39 is 10.0 Å². The molecule has 116 valence electrons. The summed E-state index contributed by atoms with van der Waals surface area (Å²) in [6.07, 6.45) is 3.09. The molecule has 0 saturated carbocycles. The highest BCUT2D eigenvalue weighted by atomic mass is 79.9. The molecule has 5 nitrogen and oxygen atoms in total. The molecule has 0 bridgehead atoms. The maximum absolute atomic E-state index is 12.3. The zero-order valence-electron chi connectivity index (χ0n) is 11.3. The summed E-state index contributed by atoms with van der Waals surface area (Å²) in [5.41, 5.74) is 0. The number of carbonyl (C=O) groups excluding carboxylic acids is 1. The van der Waals surface area contributed by atoms with Crippen molar-refractivity contribution in [2.24, 2.45) is 0 Å². The van der Waals surface area contributed by atoms with Crippen molar-refractivity contribution in [1.29, 1.82) is 0 Å². The van der Waals surface area contributed by atoms with Crippen molar-refractivity contribution < 1.29 is 13.2 Å². The average molecular weight is 440 g/mol. The van der Waals surface area contributed by atoms with Gasteiger partial charge in [-0.3, -0.25) is 4.79 Å². The number of hydrogen-bond donors (Lipinski definition) is 1. The molecule has 1 saturated heterocycles. The van der Waals surface area contributed by atoms with E-state index in [1.165, 1.54) is 6.07 Å². The lowest BCUT2D eigenvalue weighted by molar-refractivity contribution is -0.130. The quantitative estimate of drug-likeness (QED) is 0.783. The minimum atomic E-state index is -3.72. The Bertz CT molecular complexity index is 628. The Morgan fingerprint density at radius 3 is 2.52 bits per heavy atom. The zero-order valence-corrected chi connectivity index (χ0v) is 15.3. The van der Waals surface area contributed by atoms with E-state index in [-0.39, 0.29) is 17.3 Å². The Hall–Kier alpha value is -0.440. The van der Waals surface area contributed by atoms with Gasteiger partial charge in [0.1, 0.15) is 0 Å². The van der Waals surface area contributed by atoms with Gasteiger partial charge in [-0.25, -0.2) is 13.1 Å². The lowest BCUT2D eigenvalue weighted by atomic mass is 10.1. The van der Waals surface area contributed by atoms with Crippen LogP contribution in [0.4, 0.5) is 0 Å². The van der Waals surface area contributed by atoms with Gasteiger partial charge >= 0.3 is 0 Å². The molecule has 0 atom stereocenters. The second-order valence-corrected chi connectivity index (χ2v) is 8.35. The SMILES string of the molecule is O=C(CNS(=O)(=O)c1cc(Br)ccc1Br)N1CCCCC1. The van der Waals surface area contributed by atoms with Crippen molar-refractivity contribution >= 4 is 47.8 Å². The third kappa shape index (κ3) is 4.51. The number of piperidine rings is 1. The Morgan fingerprint density at radius 1 is 1.19 bits per heavy atom. The first-order valence-electron chi connectivity index (χ1n) is 6.62. The first kappa shape index (κ1) is 16.9. The molecule has 1 aliphatic heterocycles. The summed E-state index contributed by atoms with van der Waals surface area (Å²) in [6, 6.07) is 4.88. The van der Waals surface area contributed by atoms with E-state index >= 15 is 0 Å². The number of carbonyl (C=O) groups is 1. The third-order valence-electron chi connectivity index (χ3n) is 3.30. The van der Waals surface area contributed by atoms with Crippen molar-refractivity contribution in [2.45, 2.75) is 24.2 Å². The number of sulfonamides is 1. The van der Waals surface area contributed by atoms with Crippen molar-refractivity contribution in [3.05, 3.63) is 27.1 Å². The number of benzene rings is 1. The summed E-state index contributed by atoms with van der Waals surface area (Å²) in [7, 11) is -3.72. The molecule has 0 radical (unpaired) electrons. The number of likely N-dealkylation sites (tertiary alicyclic amines) is 1. The van der Waals surface area contributed by atoms with Crippen LogP contribution in [-0.2, 0) is 14.8 Å². The number of amides is 1. The van der Waals surface area contributed by atoms with E-state index in [4.69, 9.17) is 0 Å². The summed E-state index contributed by atoms with van der Waals surface area (Å²) < 4.78 is 28.0. The fourth-order valence-corrected chi connectivity index (χ4v) is 4.65. The number of nitrogens with one attached hydrogen (secondary N) is 1. The second-order valence-electron chi connectivity index (χ2n) is 4.84. The molecule has 1 aromatic rings. The van der Waals surface area contributed by atoms with E-state index in [1.54, 1.807) is 17.0 Å². The molecule has 1 amide bonds. The topological polar surface area (TPSA) is 66.5 Å². The Kier molecular flexibility index (Phi) is 5.81. The van der Waals surface area contributed by atoms with Crippen molar-refractivity contribution in [1.82, 2.24) is 9.62 Å². The minimum absolute atomic E-state index is 0.114. The third-order valence-corrected chi connectivity index (χ3v) is 6.19. The van der Waals surface area contributed by atoms with Crippen LogP contribution < -0.4 is 4.72 Å². The second kappa shape index (κ2) is 7.21. The number of nitrogens with zero attached hydrogens (tertiary/aromatic N) is 1. The molecule has 1 aromatic carbocycles. The van der Waals surface area contributed by atoms with Gasteiger partial charge in [0.05, 0.1) is 11.4 Å². The molecule has 21 heavy (non-hydrogen) atoms. The number of halogens is 2. The molecule has 1 fully saturated rings. The van der Waals surface area contributed by atoms with E-state index in [0.29, 0.717) is 22.0 Å². The van der Waals surface area contributed by atoms with Gasteiger partial charge in [-0.1, -0.05) is 15.9 Å². The van der Waals surface area contributed by atoms with Crippen LogP contribution >= 0.6 is 31.9 Å². The van der Waals surface area contributed by atoms with Crippen LogP contribution in [0.15, 0.2) is 32.0 Å². The summed E-state index contributed by atoms with van der Waals surface area (Å²) in [6.45, 7) is 1.21. The van der Waals surface area contributed by atoms with Gasteiger partial charge in [0.25, 0.3) is 0 Å². The smallest absolute Gasteiger partial charge is 0.242 e. The zero-order chi connectivity index (χ0) is 15.5. The number of hydrogen-bond acceptors (Lipinski definition) is 3. The van der Waals surface area contributed by atoms with Gasteiger partial charge in [0, 0.05) is 22.0 Å². The first-order valence-corrected chi connectivity index (χ1v) is 9.69. The molecule has 0 aromatic heterocycles. The van der Waals surface area contributed by atoms with E-state index in [9.17, 15) is 13.2 Å². The maximum Gasteiger partial charge on any atom is 0.242 e. The monoisotopic (exact) mass is 438 g/mol. The molecule has 2 rings (SSSR count). The van der Waals surface area contributed by atoms with Crippen molar-refractivity contribution in [3.8, 4) is 0 Å². The van der Waals surface area contributed by atoms with Gasteiger partial charge < -0.3 is 4.90 Å². The molecule has 0 spiro atoms. The van der Waals surface area contributed by atoms with Gasteiger partial charge in [-0.15, -0.1) is 0 Å². The normalized spacial score (nSPS) is 16.0. The van der Waals surface area contributed by atoms with Gasteiger partial charge in [-0.05, 0) is 53.4 Å². The van der Waals surface area contributed by atoms with Crippen LogP contribution in [0.2, 0.25) is 0 Å². The molecule has 0 unspecified atom stereocenters. The Balaban J connectivity index is 2.04. The largest absolute Gasteiger partial charge is 0.342 e. The van der Waals surface area contributed by atoms with Gasteiger partial charge in [0.2, 0.25) is 15.9 Å². The highest BCUT2D eigenvalue weighted by Gasteiger charge is 2.22. The molecular formula is C13H16Br2N2O3S. The predicted octanol–water partition coefficient (Wildman–Crippen LogP) is 2.50. The molecular weight excluding hydrogens is 424 g/mol. The average Bonchev–Trinajstić information content (AvgIpc) is 2.48. The highest BCUT2D eigenvalue weighted by Crippen LogP contribution is 2.25. The lowest BCUT2D eigenvalue weighted by Crippen LogP contribution is -2.42. The molecule has 1 N–H and O–H groups in total. The van der Waals surface area contributed by atoms with Crippen LogP contribution in [0.5, 0.6) is 0 Å². The molecule has 1 aliphatic rings. The van der Waals surface area contributed by atoms with Crippen molar-refractivity contribution in [3.63, 3.8) is 0 Å². The predicted molar refractivity (Wildman–Crippen MR) is 87.5 cm³/mol. The molecule has 0 aliphatic carbocycles. The molecule has 8 heteroatoms. The van der Waals surface area contributed by atoms with Crippen LogP contribution in [0.25, 0.3) is 0 Å². The summed E-state index contributed by atoms with van der Waals surface area (Å²) >= 11 is 6.46. The van der Waals surface area contributed by atoms with Crippen LogP contribution in [-0.4, -0.2) is 38.9 Å². The Labute approximate surface area is 141 Å². The summed E-state index contributed by atoms with van der Waals surface area (Å²) in [4.78, 5) is 13.8. The van der Waals surface area contributed by atoms with E-state index in [2.05, 4.69) is 36.6 Å². The highest BCUT2D eigenvalue weighted by molar-refractivity contribution is 9.11. The van der Waals surface area contributed by atoms with E-state index in [0.717, 1.165) is 19.3 Å². The number of rotatable bonds is 4. The van der Waals surface area contributed by atoms with Crippen LogP contribution in [0, 0.1) is 0 Å². The molecule has 1 heterocycles. The summed E-state index contributed by atoms with van der Waals surface area (Å²) in [5.74, 6) is -0.176. The Morgan fingerprint density at radius 2 is 1.86 bits per heavy atom. The van der Waals surface area contributed by atoms with E-state index in [1.807, 2.05) is 0 Å². The fraction of sp³-hybridized carbons (Fsp3) is 0.462. The maximum atomic E-state index is 12.3. The van der Waals surface area contributed by atoms with Crippen LogP contribution in [0.1, 0.15) is 19.3 Å². The first-order chi connectivity index (χ1) is 9.90. The standard InChI is InChI=1S/C13H16Br2N2O3S/c14-10-4-5-11(15)12(8-10)21(19,20)16-9-13(18)17-6-2-1-3-7-17/h4-5,8,16H,1-3,6-7,9H2. The van der Waals surface area contributed by atoms with Gasteiger partial charge in [-0.2, -0.15) is 0 Å². The van der Waals surface area contributed by atoms with Crippen LogP contribution in [0.3, 0.4) is 0 Å². The fourth-order valence-electron chi connectivity index (χ4n) is 2.17. The lowest BCUT2D eigenvalue weighted by Gasteiger charge is -2.26. The summed E-state index contributed by atoms with van der Waals surface area (Å²) in [5, 5.41) is 0.